The molecule has 0 aliphatic carbocycles. The second-order valence-electron chi connectivity index (χ2n) is 10.7. The van der Waals surface area contributed by atoms with Crippen LogP contribution >= 0.6 is 0 Å². The number of aromatic amines is 1. The number of para-hydroxylation sites is 1. The Morgan fingerprint density at radius 1 is 1.28 bits per heavy atom. The van der Waals surface area contributed by atoms with E-state index in [0.717, 1.165) is 47.4 Å². The Balaban J connectivity index is 1.16. The first-order valence-corrected chi connectivity index (χ1v) is 13.4. The summed E-state index contributed by atoms with van der Waals surface area (Å²) in [5.41, 5.74) is 4.93. The van der Waals surface area contributed by atoms with Crippen LogP contribution in [0, 0.1) is 18.8 Å². The lowest BCUT2D eigenvalue weighted by Gasteiger charge is -2.24. The first-order chi connectivity index (χ1) is 19.0. The van der Waals surface area contributed by atoms with Gasteiger partial charge in [-0.1, -0.05) is 30.0 Å². The van der Waals surface area contributed by atoms with Gasteiger partial charge < -0.3 is 19.6 Å². The van der Waals surface area contributed by atoms with Crippen LogP contribution in [0.25, 0.3) is 10.9 Å². The molecule has 198 valence electrons. The molecule has 4 atom stereocenters. The van der Waals surface area contributed by atoms with Crippen molar-refractivity contribution in [3.63, 3.8) is 0 Å². The quantitative estimate of drug-likeness (QED) is 0.391. The van der Waals surface area contributed by atoms with Crippen molar-refractivity contribution in [1.29, 1.82) is 0 Å². The van der Waals surface area contributed by atoms with Gasteiger partial charge in [-0.3, -0.25) is 9.69 Å². The van der Waals surface area contributed by atoms with Gasteiger partial charge in [0.05, 0.1) is 37.8 Å². The zero-order chi connectivity index (χ0) is 26.5. The van der Waals surface area contributed by atoms with Gasteiger partial charge >= 0.3 is 0 Å². The monoisotopic (exact) mass is 524 g/mol. The van der Waals surface area contributed by atoms with E-state index in [1.165, 1.54) is 0 Å². The fourth-order valence-electron chi connectivity index (χ4n) is 6.05. The van der Waals surface area contributed by atoms with Crippen molar-refractivity contribution >= 4 is 16.8 Å². The van der Waals surface area contributed by atoms with E-state index < -0.39 is 12.2 Å². The number of likely N-dealkylation sites (tertiary alicyclic amines) is 1. The second kappa shape index (κ2) is 9.63. The maximum Gasteiger partial charge on any atom is 0.270 e. The van der Waals surface area contributed by atoms with Crippen molar-refractivity contribution in [3.05, 3.63) is 82.8 Å². The minimum Gasteiger partial charge on any atom is -0.375 e. The van der Waals surface area contributed by atoms with Crippen molar-refractivity contribution in [2.75, 3.05) is 19.7 Å². The molecule has 2 saturated heterocycles. The molecule has 3 aliphatic heterocycles. The third-order valence-electron chi connectivity index (χ3n) is 7.91. The average molecular weight is 525 g/mol. The van der Waals surface area contributed by atoms with Gasteiger partial charge in [-0.05, 0) is 43.0 Å². The summed E-state index contributed by atoms with van der Waals surface area (Å²) in [6.45, 7) is 4.53. The van der Waals surface area contributed by atoms with E-state index in [1.807, 2.05) is 47.9 Å². The standard InChI is InChI=1S/C30H29FN6O2/c1-18-9-19(5-4-8-36-15-23-13-22(36)16-39-23)10-26(33-18)30(38)35-28(25-11-20-6-2-3-7-24(20)34-25)29-27-12-21(31)14-37(27)17-32-29/h2-3,6-7,9-11,17,21-23,28,34H,8,12-16H2,1H3,(H,35,38)/t21-,22+,23+,28+/m1/s1. The Morgan fingerprint density at radius 2 is 2.18 bits per heavy atom. The highest BCUT2D eigenvalue weighted by molar-refractivity contribution is 5.93. The lowest BCUT2D eigenvalue weighted by atomic mass is 10.1. The van der Waals surface area contributed by atoms with Gasteiger partial charge in [-0.15, -0.1) is 0 Å². The van der Waals surface area contributed by atoms with Crippen LogP contribution in [0.5, 0.6) is 0 Å². The predicted octanol–water partition coefficient (Wildman–Crippen LogP) is 3.31. The van der Waals surface area contributed by atoms with Gasteiger partial charge in [-0.25, -0.2) is 14.4 Å². The lowest BCUT2D eigenvalue weighted by Crippen LogP contribution is -2.37. The van der Waals surface area contributed by atoms with Crippen LogP contribution in [-0.4, -0.2) is 68.3 Å². The number of aryl methyl sites for hydroxylation is 1. The number of carbonyl (C=O) groups is 1. The fourth-order valence-corrected chi connectivity index (χ4v) is 6.05. The van der Waals surface area contributed by atoms with Crippen LogP contribution < -0.4 is 5.32 Å². The maximum absolute atomic E-state index is 14.2. The van der Waals surface area contributed by atoms with Crippen LogP contribution in [0.15, 0.2) is 48.8 Å². The zero-order valence-corrected chi connectivity index (χ0v) is 21.7. The van der Waals surface area contributed by atoms with Crippen molar-refractivity contribution < 1.29 is 13.9 Å². The van der Waals surface area contributed by atoms with Crippen LogP contribution in [0.4, 0.5) is 4.39 Å². The minimum absolute atomic E-state index is 0.273. The molecular weight excluding hydrogens is 495 g/mol. The number of carbonyl (C=O) groups excluding carboxylic acids is 1. The summed E-state index contributed by atoms with van der Waals surface area (Å²) in [4.78, 5) is 28.5. The molecule has 6 heterocycles. The van der Waals surface area contributed by atoms with Crippen LogP contribution in [0.2, 0.25) is 0 Å². The number of ether oxygens (including phenoxy) is 1. The number of fused-ring (bicyclic) bond motifs is 4. The summed E-state index contributed by atoms with van der Waals surface area (Å²) in [7, 11) is 0. The number of H-pyrrole nitrogens is 1. The summed E-state index contributed by atoms with van der Waals surface area (Å²) in [6, 6.07) is 13.4. The van der Waals surface area contributed by atoms with E-state index in [9.17, 15) is 9.18 Å². The molecule has 1 amide bonds. The van der Waals surface area contributed by atoms with Crippen molar-refractivity contribution in [1.82, 2.24) is 29.7 Å². The van der Waals surface area contributed by atoms with Gasteiger partial charge in [0.15, 0.2) is 0 Å². The number of hydrogen-bond donors (Lipinski definition) is 2. The summed E-state index contributed by atoms with van der Waals surface area (Å²) in [5.74, 6) is 6.15. The second-order valence-corrected chi connectivity index (χ2v) is 10.7. The molecule has 0 spiro atoms. The number of amides is 1. The smallest absolute Gasteiger partial charge is 0.270 e. The predicted molar refractivity (Wildman–Crippen MR) is 144 cm³/mol. The van der Waals surface area contributed by atoms with Gasteiger partial charge in [-0.2, -0.15) is 0 Å². The number of morpholine rings is 1. The number of alkyl halides is 1. The molecule has 0 unspecified atom stereocenters. The molecular formula is C30H29FN6O2. The summed E-state index contributed by atoms with van der Waals surface area (Å²) >= 11 is 0. The number of pyridine rings is 1. The summed E-state index contributed by atoms with van der Waals surface area (Å²) in [5, 5.41) is 4.15. The van der Waals surface area contributed by atoms with Crippen molar-refractivity contribution in [3.8, 4) is 11.8 Å². The Labute approximate surface area is 225 Å². The zero-order valence-electron chi connectivity index (χ0n) is 21.7. The first kappa shape index (κ1) is 24.1. The highest BCUT2D eigenvalue weighted by Gasteiger charge is 2.38. The SMILES string of the molecule is Cc1cc(C#CCN2C[C@@H]3C[C@H]2CO3)cc(C(=O)N[C@@H](c2cc3ccccc3[nH]2)c2ncn3c2C[C@@H](F)C3)n1. The lowest BCUT2D eigenvalue weighted by molar-refractivity contribution is 0.0363. The molecule has 2 bridgehead atoms. The Kier molecular flexibility index (Phi) is 5.94. The molecule has 3 aliphatic rings. The molecule has 39 heavy (non-hydrogen) atoms. The molecule has 2 N–H and O–H groups in total. The third kappa shape index (κ3) is 4.60. The Bertz CT molecular complexity index is 1600. The molecule has 8 nitrogen and oxygen atoms in total. The molecule has 7 rings (SSSR count). The van der Waals surface area contributed by atoms with Gasteiger partial charge in [0.25, 0.3) is 5.91 Å². The van der Waals surface area contributed by atoms with Crippen LogP contribution in [-0.2, 0) is 17.7 Å². The van der Waals surface area contributed by atoms with Crippen molar-refractivity contribution in [2.24, 2.45) is 0 Å². The number of imidazole rings is 1. The highest BCUT2D eigenvalue weighted by atomic mass is 19.1. The Morgan fingerprint density at radius 3 is 3.00 bits per heavy atom. The van der Waals surface area contributed by atoms with Gasteiger partial charge in [0.1, 0.15) is 17.9 Å². The molecule has 1 aromatic carbocycles. The normalized spacial score (nSPS) is 22.6. The van der Waals surface area contributed by atoms with E-state index in [1.54, 1.807) is 12.4 Å². The molecule has 2 fully saturated rings. The molecule has 0 radical (unpaired) electrons. The summed E-state index contributed by atoms with van der Waals surface area (Å²) < 4.78 is 21.8. The fraction of sp³-hybridized carbons (Fsp3) is 0.367. The van der Waals surface area contributed by atoms with Crippen molar-refractivity contribution in [2.45, 2.75) is 50.7 Å². The van der Waals surface area contributed by atoms with Crippen LogP contribution in [0.3, 0.4) is 0 Å². The minimum atomic E-state index is -0.955. The number of halogens is 1. The van der Waals surface area contributed by atoms with E-state index >= 15 is 0 Å². The average Bonchev–Trinajstić information content (AvgIpc) is 3.74. The van der Waals surface area contributed by atoms with E-state index in [-0.39, 0.29) is 24.6 Å². The number of aromatic nitrogens is 4. The molecule has 9 heteroatoms. The number of nitrogens with zero attached hydrogens (tertiary/aromatic N) is 4. The molecule has 4 aromatic rings. The van der Waals surface area contributed by atoms with Gasteiger partial charge in [0, 0.05) is 47.2 Å². The van der Waals surface area contributed by atoms with E-state index in [2.05, 4.69) is 37.0 Å². The topological polar surface area (TPSA) is 88.1 Å². The Hall–Kier alpha value is -4.00. The summed E-state index contributed by atoms with van der Waals surface area (Å²) in [6.07, 6.45) is 2.40. The maximum atomic E-state index is 14.2. The van der Waals surface area contributed by atoms with Gasteiger partial charge in [0.2, 0.25) is 0 Å². The molecule has 0 saturated carbocycles. The van der Waals surface area contributed by atoms with Crippen LogP contribution in [0.1, 0.15) is 51.3 Å². The third-order valence-corrected chi connectivity index (χ3v) is 7.91. The van der Waals surface area contributed by atoms with E-state index in [4.69, 9.17) is 4.74 Å². The molecule has 3 aromatic heterocycles. The highest BCUT2D eigenvalue weighted by Crippen LogP contribution is 2.31. The number of benzene rings is 1. The largest absolute Gasteiger partial charge is 0.375 e. The van der Waals surface area contributed by atoms with E-state index in [0.29, 0.717) is 30.1 Å². The first-order valence-electron chi connectivity index (χ1n) is 13.4. The number of hydrogen-bond acceptors (Lipinski definition) is 5. The number of rotatable bonds is 5. The number of nitrogens with one attached hydrogen (secondary N) is 2.